The molecule has 4 heteroatoms. The van der Waals surface area contributed by atoms with Crippen molar-refractivity contribution < 1.29 is 9.53 Å². The Hall–Kier alpha value is -0.610. The van der Waals surface area contributed by atoms with Crippen LogP contribution in [-0.4, -0.2) is 32.7 Å². The Balaban J connectivity index is 0.000000255. The van der Waals surface area contributed by atoms with Crippen LogP contribution in [0.4, 0.5) is 0 Å². The molecule has 0 bridgehead atoms. The van der Waals surface area contributed by atoms with Crippen LogP contribution >= 0.6 is 0 Å². The van der Waals surface area contributed by atoms with Gasteiger partial charge >= 0.3 is 5.97 Å². The van der Waals surface area contributed by atoms with Crippen LogP contribution in [0.3, 0.4) is 0 Å². The molecule has 1 fully saturated rings. The molecule has 0 aromatic carbocycles. The molecule has 84 valence electrons. The van der Waals surface area contributed by atoms with Gasteiger partial charge in [0.1, 0.15) is 0 Å². The Morgan fingerprint density at radius 1 is 1.50 bits per heavy atom. The van der Waals surface area contributed by atoms with Crippen LogP contribution in [0.25, 0.3) is 0 Å². The van der Waals surface area contributed by atoms with Gasteiger partial charge in [0.25, 0.3) is 0 Å². The summed E-state index contributed by atoms with van der Waals surface area (Å²) in [6, 6.07) is 0. The molecule has 1 rings (SSSR count). The third-order valence-electron chi connectivity index (χ3n) is 2.43. The summed E-state index contributed by atoms with van der Waals surface area (Å²) in [5.74, 6) is 0.645. The second kappa shape index (κ2) is 8.97. The molecule has 0 aromatic heterocycles. The van der Waals surface area contributed by atoms with E-state index in [4.69, 9.17) is 5.73 Å². The number of ether oxygens (including phenoxy) is 1. The van der Waals surface area contributed by atoms with E-state index >= 15 is 0 Å². The number of carbonyl (C=O) groups is 1. The van der Waals surface area contributed by atoms with E-state index in [2.05, 4.69) is 17.0 Å². The highest BCUT2D eigenvalue weighted by Gasteiger charge is 2.08. The van der Waals surface area contributed by atoms with Crippen molar-refractivity contribution in [3.8, 4) is 0 Å². The molecule has 0 aliphatic carbocycles. The first kappa shape index (κ1) is 13.4. The van der Waals surface area contributed by atoms with Crippen LogP contribution in [0.2, 0.25) is 0 Å². The minimum absolute atomic E-state index is 0.0312. The summed E-state index contributed by atoms with van der Waals surface area (Å²) in [6.07, 6.45) is 4.18. The maximum absolute atomic E-state index is 9.83. The fourth-order valence-corrected chi connectivity index (χ4v) is 1.37. The zero-order valence-electron chi connectivity index (χ0n) is 9.21. The molecule has 14 heavy (non-hydrogen) atoms. The summed E-state index contributed by atoms with van der Waals surface area (Å²) < 4.78 is 4.14. The van der Waals surface area contributed by atoms with Crippen molar-refractivity contribution in [2.24, 2.45) is 11.7 Å². The van der Waals surface area contributed by atoms with Crippen molar-refractivity contribution in [3.05, 3.63) is 0 Å². The van der Waals surface area contributed by atoms with Crippen LogP contribution in [0.15, 0.2) is 0 Å². The molecule has 0 unspecified atom stereocenters. The van der Waals surface area contributed by atoms with Crippen molar-refractivity contribution in [2.75, 3.05) is 26.7 Å². The molecule has 0 amide bonds. The Kier molecular flexibility index (Phi) is 8.57. The number of rotatable bonds is 2. The Bertz CT molecular complexity index is 139. The molecule has 0 spiro atoms. The highest BCUT2D eigenvalue weighted by atomic mass is 16.5. The number of nitrogens with two attached hydrogens (primary N) is 1. The summed E-state index contributed by atoms with van der Waals surface area (Å²) in [5.41, 5.74) is 4.81. The van der Waals surface area contributed by atoms with Crippen LogP contribution in [0, 0.1) is 5.92 Å². The Morgan fingerprint density at radius 2 is 2.07 bits per heavy atom. The molecule has 0 aromatic rings. The van der Waals surface area contributed by atoms with E-state index in [-0.39, 0.29) is 12.5 Å². The number of nitrogens with one attached hydrogen (secondary N) is 1. The number of hydrogen-bond acceptors (Lipinski definition) is 4. The standard InChI is InChI=1S/C7H15N.C3H7NO2/c1-2-7-3-5-8-6-4-7;1-6-3(5)2-4/h7-8H,2-6H2,1H3;2,4H2,1H3. The lowest BCUT2D eigenvalue weighted by Crippen LogP contribution is -2.27. The molecule has 4 nitrogen and oxygen atoms in total. The molecule has 0 saturated carbocycles. The normalized spacial score (nSPS) is 16.8. The molecule has 0 atom stereocenters. The monoisotopic (exact) mass is 202 g/mol. The van der Waals surface area contributed by atoms with E-state index in [0.717, 1.165) is 5.92 Å². The number of hydrogen-bond donors (Lipinski definition) is 2. The molecule has 3 N–H and O–H groups in total. The zero-order chi connectivity index (χ0) is 10.8. The predicted molar refractivity (Wildman–Crippen MR) is 57.0 cm³/mol. The fraction of sp³-hybridized carbons (Fsp3) is 0.900. The first-order valence-corrected chi connectivity index (χ1v) is 5.22. The van der Waals surface area contributed by atoms with Gasteiger partial charge in [0.2, 0.25) is 0 Å². The van der Waals surface area contributed by atoms with Crippen LogP contribution in [-0.2, 0) is 9.53 Å². The SMILES string of the molecule is CCC1CCNCC1.COC(=O)CN. The first-order chi connectivity index (χ1) is 6.74. The smallest absolute Gasteiger partial charge is 0.319 e. The third kappa shape index (κ3) is 6.86. The van der Waals surface area contributed by atoms with Gasteiger partial charge in [0.05, 0.1) is 13.7 Å². The van der Waals surface area contributed by atoms with E-state index in [1.807, 2.05) is 0 Å². The van der Waals surface area contributed by atoms with E-state index in [9.17, 15) is 4.79 Å². The number of methoxy groups -OCH3 is 1. The Labute approximate surface area is 86.2 Å². The van der Waals surface area contributed by atoms with Gasteiger partial charge in [0, 0.05) is 0 Å². The maximum atomic E-state index is 9.83. The molecule has 0 radical (unpaired) electrons. The topological polar surface area (TPSA) is 64.3 Å². The number of piperidine rings is 1. The average molecular weight is 202 g/mol. The van der Waals surface area contributed by atoms with Gasteiger partial charge in [-0.3, -0.25) is 4.79 Å². The molecule has 1 heterocycles. The van der Waals surface area contributed by atoms with Crippen LogP contribution in [0.1, 0.15) is 26.2 Å². The molecule has 1 saturated heterocycles. The number of carbonyl (C=O) groups excluding carboxylic acids is 1. The van der Waals surface area contributed by atoms with Gasteiger partial charge in [0.15, 0.2) is 0 Å². The van der Waals surface area contributed by atoms with Gasteiger partial charge in [-0.05, 0) is 31.8 Å². The summed E-state index contributed by atoms with van der Waals surface area (Å²) in [7, 11) is 1.30. The van der Waals surface area contributed by atoms with Gasteiger partial charge in [-0.1, -0.05) is 13.3 Å². The zero-order valence-corrected chi connectivity index (χ0v) is 9.21. The maximum Gasteiger partial charge on any atom is 0.319 e. The van der Waals surface area contributed by atoms with E-state index in [1.54, 1.807) is 0 Å². The average Bonchev–Trinajstić information content (AvgIpc) is 2.30. The van der Waals surface area contributed by atoms with Gasteiger partial charge in [-0.15, -0.1) is 0 Å². The fourth-order valence-electron chi connectivity index (χ4n) is 1.37. The quantitative estimate of drug-likeness (QED) is 0.641. The highest BCUT2D eigenvalue weighted by Crippen LogP contribution is 2.13. The van der Waals surface area contributed by atoms with E-state index < -0.39 is 0 Å². The van der Waals surface area contributed by atoms with Crippen molar-refractivity contribution in [3.63, 3.8) is 0 Å². The largest absolute Gasteiger partial charge is 0.468 e. The molecular weight excluding hydrogens is 180 g/mol. The van der Waals surface area contributed by atoms with Crippen LogP contribution in [0.5, 0.6) is 0 Å². The number of esters is 1. The van der Waals surface area contributed by atoms with Crippen molar-refractivity contribution in [1.29, 1.82) is 0 Å². The summed E-state index contributed by atoms with van der Waals surface area (Å²) in [5, 5.41) is 3.35. The lowest BCUT2D eigenvalue weighted by molar-refractivity contribution is -0.138. The van der Waals surface area contributed by atoms with E-state index in [0.29, 0.717) is 0 Å². The first-order valence-electron chi connectivity index (χ1n) is 5.22. The van der Waals surface area contributed by atoms with Crippen molar-refractivity contribution >= 4 is 5.97 Å². The molecule has 1 aliphatic heterocycles. The second-order valence-corrected chi connectivity index (χ2v) is 3.38. The minimum Gasteiger partial charge on any atom is -0.468 e. The highest BCUT2D eigenvalue weighted by molar-refractivity contribution is 5.70. The van der Waals surface area contributed by atoms with Crippen molar-refractivity contribution in [1.82, 2.24) is 5.32 Å². The lowest BCUT2D eigenvalue weighted by Gasteiger charge is -2.20. The van der Waals surface area contributed by atoms with Crippen LogP contribution < -0.4 is 11.1 Å². The van der Waals surface area contributed by atoms with Crippen molar-refractivity contribution in [2.45, 2.75) is 26.2 Å². The van der Waals surface area contributed by atoms with Gasteiger partial charge in [-0.2, -0.15) is 0 Å². The minimum atomic E-state index is -0.380. The summed E-state index contributed by atoms with van der Waals surface area (Å²) >= 11 is 0. The Morgan fingerprint density at radius 3 is 2.29 bits per heavy atom. The second-order valence-electron chi connectivity index (χ2n) is 3.38. The predicted octanol–water partition coefficient (Wildman–Crippen LogP) is 0.514. The van der Waals surface area contributed by atoms with Gasteiger partial charge < -0.3 is 15.8 Å². The summed E-state index contributed by atoms with van der Waals surface area (Å²) in [4.78, 5) is 9.83. The molecule has 1 aliphatic rings. The third-order valence-corrected chi connectivity index (χ3v) is 2.43. The molecular formula is C10H22N2O2. The lowest BCUT2D eigenvalue weighted by atomic mass is 9.96. The van der Waals surface area contributed by atoms with Gasteiger partial charge in [-0.25, -0.2) is 0 Å². The summed E-state index contributed by atoms with van der Waals surface area (Å²) in [6.45, 7) is 4.75. The van der Waals surface area contributed by atoms with E-state index in [1.165, 1.54) is 39.5 Å².